The van der Waals surface area contributed by atoms with Gasteiger partial charge >= 0.3 is 5.97 Å². The number of ketones is 1. The van der Waals surface area contributed by atoms with Crippen molar-refractivity contribution in [1.82, 2.24) is 0 Å². The molecular weight excluding hydrogens is 347 g/mol. The van der Waals surface area contributed by atoms with E-state index in [4.69, 9.17) is 9.47 Å². The predicted octanol–water partition coefficient (Wildman–Crippen LogP) is 4.30. The van der Waals surface area contributed by atoms with Gasteiger partial charge in [-0.25, -0.2) is 9.18 Å². The highest BCUT2D eigenvalue weighted by Gasteiger charge is 2.11. The standard InChI is InChI=1S/C22H17FO4/c23-19-10-6-18(7-11-19)21(24)14-27-22(25)15-26-20-12-8-17(9-13-20)16-4-2-1-3-5-16/h1-13H,14-15H2. The van der Waals surface area contributed by atoms with Gasteiger partial charge in [0.1, 0.15) is 11.6 Å². The Morgan fingerprint density at radius 3 is 2.04 bits per heavy atom. The fraction of sp³-hybridized carbons (Fsp3) is 0.0909. The van der Waals surface area contributed by atoms with Gasteiger partial charge in [0, 0.05) is 5.56 Å². The minimum Gasteiger partial charge on any atom is -0.482 e. The van der Waals surface area contributed by atoms with Gasteiger partial charge in [-0.2, -0.15) is 0 Å². The Morgan fingerprint density at radius 1 is 0.741 bits per heavy atom. The zero-order valence-electron chi connectivity index (χ0n) is 14.4. The minimum atomic E-state index is -0.655. The molecule has 0 aliphatic carbocycles. The van der Waals surface area contributed by atoms with Crippen molar-refractivity contribution in [2.45, 2.75) is 0 Å². The summed E-state index contributed by atoms with van der Waals surface area (Å²) in [6, 6.07) is 22.2. The summed E-state index contributed by atoms with van der Waals surface area (Å²) in [7, 11) is 0. The molecule has 3 aromatic carbocycles. The Labute approximate surface area is 156 Å². The number of halogens is 1. The van der Waals surface area contributed by atoms with E-state index < -0.39 is 24.2 Å². The second-order valence-corrected chi connectivity index (χ2v) is 5.77. The molecule has 0 radical (unpaired) electrons. The van der Waals surface area contributed by atoms with Crippen LogP contribution in [0.15, 0.2) is 78.9 Å². The molecule has 3 aromatic rings. The Balaban J connectivity index is 1.46. The first kappa shape index (κ1) is 18.3. The van der Waals surface area contributed by atoms with E-state index in [0.29, 0.717) is 5.75 Å². The molecule has 136 valence electrons. The number of carbonyl (C=O) groups excluding carboxylic acids is 2. The van der Waals surface area contributed by atoms with Crippen LogP contribution in [-0.2, 0) is 9.53 Å². The van der Waals surface area contributed by atoms with Crippen molar-refractivity contribution in [2.75, 3.05) is 13.2 Å². The first-order chi connectivity index (χ1) is 13.1. The van der Waals surface area contributed by atoms with Crippen LogP contribution in [0, 0.1) is 5.82 Å². The minimum absolute atomic E-state index is 0.279. The molecule has 5 heteroatoms. The zero-order valence-corrected chi connectivity index (χ0v) is 14.4. The van der Waals surface area contributed by atoms with Gasteiger partial charge in [0.05, 0.1) is 0 Å². The molecule has 0 bridgehead atoms. The SMILES string of the molecule is O=C(COc1ccc(-c2ccccc2)cc1)OCC(=O)c1ccc(F)cc1. The van der Waals surface area contributed by atoms with Gasteiger partial charge in [-0.3, -0.25) is 4.79 Å². The number of hydrogen-bond acceptors (Lipinski definition) is 4. The summed E-state index contributed by atoms with van der Waals surface area (Å²) in [6.45, 7) is -0.720. The summed E-state index contributed by atoms with van der Waals surface area (Å²) in [6.07, 6.45) is 0. The third kappa shape index (κ3) is 5.25. The van der Waals surface area contributed by atoms with Crippen molar-refractivity contribution < 1.29 is 23.5 Å². The van der Waals surface area contributed by atoms with E-state index in [1.807, 2.05) is 42.5 Å². The lowest BCUT2D eigenvalue weighted by Gasteiger charge is -2.08. The third-order valence-electron chi connectivity index (χ3n) is 3.85. The number of ether oxygens (including phenoxy) is 2. The van der Waals surface area contributed by atoms with Crippen LogP contribution in [0.3, 0.4) is 0 Å². The maximum atomic E-state index is 12.8. The Kier molecular flexibility index (Phi) is 5.94. The van der Waals surface area contributed by atoms with Crippen LogP contribution < -0.4 is 4.74 Å². The first-order valence-corrected chi connectivity index (χ1v) is 8.34. The van der Waals surface area contributed by atoms with Crippen LogP contribution in [0.1, 0.15) is 10.4 Å². The number of Topliss-reactive ketones (excluding diaryl/α,β-unsaturated/α-hetero) is 1. The summed E-state index contributed by atoms with van der Waals surface area (Å²) >= 11 is 0. The van der Waals surface area contributed by atoms with Crippen LogP contribution >= 0.6 is 0 Å². The second-order valence-electron chi connectivity index (χ2n) is 5.77. The van der Waals surface area contributed by atoms with Crippen molar-refractivity contribution in [3.05, 3.63) is 90.2 Å². The van der Waals surface area contributed by atoms with E-state index in [-0.39, 0.29) is 12.2 Å². The summed E-state index contributed by atoms with van der Waals surface area (Å²) in [5, 5.41) is 0. The summed E-state index contributed by atoms with van der Waals surface area (Å²) in [5.41, 5.74) is 2.40. The number of rotatable bonds is 7. The van der Waals surface area contributed by atoms with E-state index in [9.17, 15) is 14.0 Å². The highest BCUT2D eigenvalue weighted by atomic mass is 19.1. The molecular formula is C22H17FO4. The van der Waals surface area contributed by atoms with Crippen LogP contribution in [0.5, 0.6) is 5.75 Å². The Hall–Kier alpha value is -3.47. The molecule has 0 saturated carbocycles. The first-order valence-electron chi connectivity index (χ1n) is 8.34. The number of esters is 1. The molecule has 0 aliphatic rings. The highest BCUT2D eigenvalue weighted by molar-refractivity contribution is 5.97. The molecule has 0 spiro atoms. The van der Waals surface area contributed by atoms with Gasteiger partial charge in [0.2, 0.25) is 0 Å². The monoisotopic (exact) mass is 364 g/mol. The summed E-state index contributed by atoms with van der Waals surface area (Å²) < 4.78 is 23.1. The fourth-order valence-corrected chi connectivity index (χ4v) is 2.42. The molecule has 0 fully saturated rings. The highest BCUT2D eigenvalue weighted by Crippen LogP contribution is 2.22. The van der Waals surface area contributed by atoms with Gasteiger partial charge in [-0.15, -0.1) is 0 Å². The average Bonchev–Trinajstić information content (AvgIpc) is 2.72. The van der Waals surface area contributed by atoms with Gasteiger partial charge in [-0.05, 0) is 47.5 Å². The molecule has 3 rings (SSSR count). The van der Waals surface area contributed by atoms with Gasteiger partial charge < -0.3 is 9.47 Å². The average molecular weight is 364 g/mol. The number of benzene rings is 3. The summed E-state index contributed by atoms with van der Waals surface area (Å²) in [4.78, 5) is 23.6. The zero-order chi connectivity index (χ0) is 19.1. The lowest BCUT2D eigenvalue weighted by Crippen LogP contribution is -2.19. The van der Waals surface area contributed by atoms with Crippen molar-refractivity contribution in [1.29, 1.82) is 0 Å². The molecule has 0 amide bonds. The largest absolute Gasteiger partial charge is 0.482 e. The van der Waals surface area contributed by atoms with Crippen molar-refractivity contribution >= 4 is 11.8 Å². The van der Waals surface area contributed by atoms with E-state index in [1.54, 1.807) is 12.1 Å². The maximum absolute atomic E-state index is 12.8. The van der Waals surface area contributed by atoms with Crippen molar-refractivity contribution in [2.24, 2.45) is 0 Å². The van der Waals surface area contributed by atoms with Crippen LogP contribution in [0.2, 0.25) is 0 Å². The van der Waals surface area contributed by atoms with Gasteiger partial charge in [-0.1, -0.05) is 42.5 Å². The molecule has 0 saturated heterocycles. The van der Waals surface area contributed by atoms with Crippen molar-refractivity contribution in [3.63, 3.8) is 0 Å². The quantitative estimate of drug-likeness (QED) is 0.463. The topological polar surface area (TPSA) is 52.6 Å². The third-order valence-corrected chi connectivity index (χ3v) is 3.85. The molecule has 27 heavy (non-hydrogen) atoms. The van der Waals surface area contributed by atoms with E-state index in [0.717, 1.165) is 11.1 Å². The van der Waals surface area contributed by atoms with E-state index in [2.05, 4.69) is 0 Å². The molecule has 0 atom stereocenters. The second kappa shape index (κ2) is 8.76. The maximum Gasteiger partial charge on any atom is 0.344 e. The molecule has 0 aromatic heterocycles. The molecule has 4 nitrogen and oxygen atoms in total. The van der Waals surface area contributed by atoms with E-state index >= 15 is 0 Å². The van der Waals surface area contributed by atoms with Crippen LogP contribution in [0.25, 0.3) is 11.1 Å². The van der Waals surface area contributed by atoms with Crippen molar-refractivity contribution in [3.8, 4) is 16.9 Å². The van der Waals surface area contributed by atoms with Gasteiger partial charge in [0.25, 0.3) is 0 Å². The molecule has 0 unspecified atom stereocenters. The number of carbonyl (C=O) groups is 2. The Bertz CT molecular complexity index is 903. The number of hydrogen-bond donors (Lipinski definition) is 0. The lowest BCUT2D eigenvalue weighted by molar-refractivity contribution is -0.144. The fourth-order valence-electron chi connectivity index (χ4n) is 2.42. The lowest BCUT2D eigenvalue weighted by atomic mass is 10.1. The molecule has 0 N–H and O–H groups in total. The van der Waals surface area contributed by atoms with Crippen LogP contribution in [0.4, 0.5) is 4.39 Å². The van der Waals surface area contributed by atoms with E-state index in [1.165, 1.54) is 24.3 Å². The molecule has 0 aliphatic heterocycles. The smallest absolute Gasteiger partial charge is 0.344 e. The Morgan fingerprint density at radius 2 is 1.37 bits per heavy atom. The van der Waals surface area contributed by atoms with Crippen LogP contribution in [-0.4, -0.2) is 25.0 Å². The predicted molar refractivity (Wildman–Crippen MR) is 99.1 cm³/mol. The van der Waals surface area contributed by atoms with Gasteiger partial charge in [0.15, 0.2) is 19.0 Å². The summed E-state index contributed by atoms with van der Waals surface area (Å²) in [5.74, 6) is -0.972. The normalized spacial score (nSPS) is 10.3. The molecule has 0 heterocycles.